The third-order valence-corrected chi connectivity index (χ3v) is 7.27. The molecule has 0 N–H and O–H groups in total. The summed E-state index contributed by atoms with van der Waals surface area (Å²) >= 11 is 9.52. The number of hydrogen-bond donors (Lipinski definition) is 0. The van der Waals surface area contributed by atoms with Crippen LogP contribution in [0.5, 0.6) is 0 Å². The molecule has 0 unspecified atom stereocenters. The summed E-state index contributed by atoms with van der Waals surface area (Å²) in [5.74, 6) is 0.526. The number of hydrogen-bond acceptors (Lipinski definition) is 5. The van der Waals surface area contributed by atoms with Crippen LogP contribution in [0.15, 0.2) is 62.6 Å². The van der Waals surface area contributed by atoms with Gasteiger partial charge in [0.2, 0.25) is 5.95 Å². The van der Waals surface area contributed by atoms with Crippen LogP contribution in [0, 0.1) is 0 Å². The number of benzene rings is 2. The Labute approximate surface area is 220 Å². The minimum Gasteiger partial charge on any atom is -0.339 e. The molecule has 2 aromatic carbocycles. The fourth-order valence-corrected chi connectivity index (χ4v) is 4.97. The van der Waals surface area contributed by atoms with Crippen LogP contribution in [0.1, 0.15) is 15.9 Å². The number of aryl methyl sites for hydroxylation is 1. The summed E-state index contributed by atoms with van der Waals surface area (Å²) in [5, 5.41) is 0.522. The number of amides is 1. The molecule has 4 aromatic rings. The van der Waals surface area contributed by atoms with Crippen molar-refractivity contribution in [2.75, 3.05) is 31.1 Å². The molecule has 1 saturated heterocycles. The molecule has 11 heteroatoms. The van der Waals surface area contributed by atoms with Crippen molar-refractivity contribution in [2.24, 2.45) is 14.1 Å². The van der Waals surface area contributed by atoms with Gasteiger partial charge >= 0.3 is 5.69 Å². The van der Waals surface area contributed by atoms with Gasteiger partial charge in [0.25, 0.3) is 11.5 Å². The third-order valence-electron chi connectivity index (χ3n) is 6.50. The maximum Gasteiger partial charge on any atom is 0.332 e. The van der Waals surface area contributed by atoms with Crippen LogP contribution in [0.25, 0.3) is 11.2 Å². The van der Waals surface area contributed by atoms with Gasteiger partial charge < -0.3 is 9.80 Å². The number of imidazole rings is 1. The second-order valence-electron chi connectivity index (χ2n) is 8.79. The van der Waals surface area contributed by atoms with Crippen molar-refractivity contribution in [3.8, 4) is 0 Å². The van der Waals surface area contributed by atoms with Crippen molar-refractivity contribution in [3.05, 3.63) is 90.0 Å². The number of nitrogens with zero attached hydrogens (tertiary/aromatic N) is 6. The summed E-state index contributed by atoms with van der Waals surface area (Å²) in [7, 11) is 3.09. The number of fused-ring (bicyclic) bond motifs is 1. The zero-order valence-electron chi connectivity index (χ0n) is 19.8. The van der Waals surface area contributed by atoms with Gasteiger partial charge in [-0.05, 0) is 35.9 Å². The average molecular weight is 572 g/mol. The fourth-order valence-electron chi connectivity index (χ4n) is 4.51. The van der Waals surface area contributed by atoms with Gasteiger partial charge in [0.05, 0.1) is 6.54 Å². The zero-order chi connectivity index (χ0) is 25.6. The van der Waals surface area contributed by atoms with Gasteiger partial charge in [-0.2, -0.15) is 4.98 Å². The maximum absolute atomic E-state index is 13.2. The van der Waals surface area contributed by atoms with Gasteiger partial charge in [0, 0.05) is 55.3 Å². The van der Waals surface area contributed by atoms with Gasteiger partial charge in [0.15, 0.2) is 11.2 Å². The summed E-state index contributed by atoms with van der Waals surface area (Å²) < 4.78 is 5.33. The first-order chi connectivity index (χ1) is 17.2. The lowest BCUT2D eigenvalue weighted by Gasteiger charge is -2.35. The Bertz CT molecular complexity index is 1580. The normalized spacial score (nSPS) is 14.0. The molecule has 0 bridgehead atoms. The monoisotopic (exact) mass is 570 g/mol. The number of aromatic nitrogens is 4. The molecule has 0 radical (unpaired) electrons. The van der Waals surface area contributed by atoms with Crippen LogP contribution < -0.4 is 16.1 Å². The van der Waals surface area contributed by atoms with E-state index in [0.29, 0.717) is 60.4 Å². The molecule has 1 aliphatic rings. The second kappa shape index (κ2) is 9.59. The third kappa shape index (κ3) is 4.35. The topological polar surface area (TPSA) is 85.4 Å². The molecule has 36 heavy (non-hydrogen) atoms. The first kappa shape index (κ1) is 24.3. The number of piperazine rings is 1. The molecule has 3 heterocycles. The quantitative estimate of drug-likeness (QED) is 0.376. The first-order valence-electron chi connectivity index (χ1n) is 11.4. The molecule has 186 valence electrons. The standard InChI is InChI=1S/C25H24BrClN6O3/c1-29-21-20(23(35)30(2)25(29)36)33(15-16-6-8-18(26)9-7-16)24(28-21)32-12-10-31(11-13-32)22(34)17-4-3-5-19(27)14-17/h3-9,14H,10-13,15H2,1-2H3. The molecule has 0 spiro atoms. The predicted molar refractivity (Wildman–Crippen MR) is 143 cm³/mol. The van der Waals surface area contributed by atoms with Crippen molar-refractivity contribution in [2.45, 2.75) is 6.54 Å². The summed E-state index contributed by atoms with van der Waals surface area (Å²) in [4.78, 5) is 47.4. The van der Waals surface area contributed by atoms with E-state index in [-0.39, 0.29) is 5.91 Å². The van der Waals surface area contributed by atoms with Gasteiger partial charge in [0.1, 0.15) is 0 Å². The maximum atomic E-state index is 13.2. The molecule has 0 saturated carbocycles. The number of carbonyl (C=O) groups excluding carboxylic acids is 1. The molecule has 1 amide bonds. The number of carbonyl (C=O) groups is 1. The smallest absolute Gasteiger partial charge is 0.332 e. The van der Waals surface area contributed by atoms with Gasteiger partial charge in [-0.3, -0.25) is 23.3 Å². The van der Waals surface area contributed by atoms with Crippen LogP contribution in [-0.4, -0.2) is 55.7 Å². The number of anilines is 1. The number of halogens is 2. The molecular formula is C25H24BrClN6O3. The summed E-state index contributed by atoms with van der Waals surface area (Å²) in [6, 6.07) is 14.8. The molecule has 2 aromatic heterocycles. The van der Waals surface area contributed by atoms with E-state index in [1.165, 1.54) is 11.6 Å². The van der Waals surface area contributed by atoms with E-state index in [1.54, 1.807) is 36.2 Å². The Morgan fingerprint density at radius 2 is 1.69 bits per heavy atom. The number of rotatable bonds is 4. The summed E-state index contributed by atoms with van der Waals surface area (Å²) in [6.07, 6.45) is 0. The highest BCUT2D eigenvalue weighted by molar-refractivity contribution is 9.10. The lowest BCUT2D eigenvalue weighted by Crippen LogP contribution is -2.49. The Balaban J connectivity index is 1.51. The van der Waals surface area contributed by atoms with E-state index in [1.807, 2.05) is 28.8 Å². The van der Waals surface area contributed by atoms with E-state index in [9.17, 15) is 14.4 Å². The predicted octanol–water partition coefficient (Wildman–Crippen LogP) is 2.86. The van der Waals surface area contributed by atoms with E-state index in [4.69, 9.17) is 16.6 Å². The van der Waals surface area contributed by atoms with Gasteiger partial charge in [-0.25, -0.2) is 4.79 Å². The SMILES string of the molecule is Cn1c(=O)c2c(nc(N3CCN(C(=O)c4cccc(Cl)c4)CC3)n2Cc2ccc(Br)cc2)n(C)c1=O. The highest BCUT2D eigenvalue weighted by atomic mass is 79.9. The van der Waals surface area contributed by atoms with Gasteiger partial charge in [-0.1, -0.05) is 45.7 Å². The van der Waals surface area contributed by atoms with E-state index >= 15 is 0 Å². The minimum atomic E-state index is -0.427. The van der Waals surface area contributed by atoms with Crippen LogP contribution in [0.4, 0.5) is 5.95 Å². The lowest BCUT2D eigenvalue weighted by atomic mass is 10.2. The van der Waals surface area contributed by atoms with Crippen LogP contribution >= 0.6 is 27.5 Å². The summed E-state index contributed by atoms with van der Waals surface area (Å²) in [6.45, 7) is 2.45. The Morgan fingerprint density at radius 3 is 2.36 bits per heavy atom. The molecule has 0 atom stereocenters. The van der Waals surface area contributed by atoms with E-state index in [2.05, 4.69) is 20.8 Å². The van der Waals surface area contributed by atoms with Crippen molar-refractivity contribution in [1.29, 1.82) is 0 Å². The molecule has 0 aliphatic carbocycles. The highest BCUT2D eigenvalue weighted by Crippen LogP contribution is 2.24. The highest BCUT2D eigenvalue weighted by Gasteiger charge is 2.27. The Morgan fingerprint density at radius 1 is 1.00 bits per heavy atom. The van der Waals surface area contributed by atoms with Crippen LogP contribution in [0.3, 0.4) is 0 Å². The Hall–Kier alpha value is -3.37. The van der Waals surface area contributed by atoms with Crippen molar-refractivity contribution in [1.82, 2.24) is 23.6 Å². The largest absolute Gasteiger partial charge is 0.339 e. The van der Waals surface area contributed by atoms with Crippen molar-refractivity contribution >= 4 is 50.6 Å². The molecule has 1 fully saturated rings. The molecule has 9 nitrogen and oxygen atoms in total. The average Bonchev–Trinajstić information content (AvgIpc) is 3.26. The van der Waals surface area contributed by atoms with Crippen LogP contribution in [0.2, 0.25) is 5.02 Å². The first-order valence-corrected chi connectivity index (χ1v) is 12.6. The lowest BCUT2D eigenvalue weighted by molar-refractivity contribution is 0.0746. The fraction of sp³-hybridized carbons (Fsp3) is 0.280. The molecule has 5 rings (SSSR count). The van der Waals surface area contributed by atoms with E-state index < -0.39 is 11.2 Å². The molecular weight excluding hydrogens is 548 g/mol. The van der Waals surface area contributed by atoms with E-state index in [0.717, 1.165) is 14.6 Å². The van der Waals surface area contributed by atoms with Gasteiger partial charge in [-0.15, -0.1) is 0 Å². The molecule has 1 aliphatic heterocycles. The minimum absolute atomic E-state index is 0.0724. The van der Waals surface area contributed by atoms with Crippen LogP contribution in [-0.2, 0) is 20.6 Å². The Kier molecular flexibility index (Phi) is 6.48. The zero-order valence-corrected chi connectivity index (χ0v) is 22.2. The second-order valence-corrected chi connectivity index (χ2v) is 10.1. The summed E-state index contributed by atoms with van der Waals surface area (Å²) in [5.41, 5.74) is 1.44. The van der Waals surface area contributed by atoms with Crippen molar-refractivity contribution in [3.63, 3.8) is 0 Å². The van der Waals surface area contributed by atoms with Crippen molar-refractivity contribution < 1.29 is 4.79 Å².